The van der Waals surface area contributed by atoms with Gasteiger partial charge in [0.15, 0.2) is 11.6 Å². The quantitative estimate of drug-likeness (QED) is 0.328. The molecule has 5 rings (SSSR count). The molecule has 17 heteroatoms. The maximum Gasteiger partial charge on any atom is 0.501 e. The maximum absolute atomic E-state index is 15.0. The Balaban J connectivity index is 1.34. The van der Waals surface area contributed by atoms with E-state index in [0.717, 1.165) is 24.3 Å². The van der Waals surface area contributed by atoms with Crippen LogP contribution in [-0.2, 0) is 28.9 Å². The maximum atomic E-state index is 15.0. The molecule has 0 bridgehead atoms. The number of ether oxygens (including phenoxy) is 4. The van der Waals surface area contributed by atoms with Gasteiger partial charge in [0.25, 0.3) is 15.7 Å². The number of hydrogen-bond donors (Lipinski definition) is 3. The highest BCUT2D eigenvalue weighted by Crippen LogP contribution is 2.40. The summed E-state index contributed by atoms with van der Waals surface area (Å²) in [6.45, 7) is 1.52. The normalized spacial score (nSPS) is 27.5. The number of anilines is 1. The zero-order valence-corrected chi connectivity index (χ0v) is 26.0. The van der Waals surface area contributed by atoms with Crippen LogP contribution in [0, 0.1) is 17.2 Å². The van der Waals surface area contributed by atoms with Gasteiger partial charge in [-0.15, -0.1) is 0 Å². The minimum Gasteiger partial charge on any atom is -0.496 e. The molecule has 2 aliphatic carbocycles. The van der Waals surface area contributed by atoms with Crippen molar-refractivity contribution in [2.45, 2.75) is 73.8 Å². The fraction of sp³-hybridized carbons (Fsp3) is 0.500. The summed E-state index contributed by atoms with van der Waals surface area (Å²) in [5.74, 6) is -4.71. The van der Waals surface area contributed by atoms with E-state index in [9.17, 15) is 41.1 Å². The van der Waals surface area contributed by atoms with Gasteiger partial charge in [0, 0.05) is 11.8 Å². The average molecular weight is 689 g/mol. The number of halogens is 4. The summed E-state index contributed by atoms with van der Waals surface area (Å²) >= 11 is 0. The fourth-order valence-corrected chi connectivity index (χ4v) is 6.88. The molecule has 0 aromatic heterocycles. The molecule has 2 aromatic carbocycles. The molecule has 3 fully saturated rings. The molecule has 47 heavy (non-hydrogen) atoms. The molecule has 2 saturated carbocycles. The number of methoxy groups -OCH3 is 1. The number of alkyl halides is 3. The molecule has 1 heterocycles. The van der Waals surface area contributed by atoms with Crippen LogP contribution in [0.4, 0.5) is 23.2 Å². The van der Waals surface area contributed by atoms with Crippen molar-refractivity contribution in [2.75, 3.05) is 19.2 Å². The van der Waals surface area contributed by atoms with Crippen molar-refractivity contribution in [1.29, 1.82) is 0 Å². The van der Waals surface area contributed by atoms with Crippen molar-refractivity contribution in [2.24, 2.45) is 11.3 Å². The van der Waals surface area contributed by atoms with Gasteiger partial charge in [0.2, 0.25) is 5.91 Å². The van der Waals surface area contributed by atoms with Crippen LogP contribution in [0.15, 0.2) is 41.3 Å². The molecule has 0 spiro atoms. The highest BCUT2D eigenvalue weighted by molar-refractivity contribution is 7.92. The standard InChI is InChI=1S/C30H32F4N2O10S/c1-29(28(39)40)8-6-16(7-9-29)46-22-11-18(21(43-2)13-20(22)31)26(37)36-24-19(12-23-25(24)45-14-44-23)27(38)35-15-4-3-5-17(10-15)47(41,42)30(32,33)34/h3-5,10-11,13,16,19,23-25H,6-9,12,14H2,1-2H3,(H,35,38)(H,36,37)(H,39,40)/t16-,19-,23-,24-,25-,29+/m1/s1. The number of carbonyl (C=O) groups excluding carboxylic acids is 2. The van der Waals surface area contributed by atoms with Crippen LogP contribution in [0.2, 0.25) is 0 Å². The highest BCUT2D eigenvalue weighted by Gasteiger charge is 2.52. The number of carboxylic acid groups (broad SMARTS) is 1. The third-order valence-electron chi connectivity index (χ3n) is 8.88. The Hall–Kier alpha value is -3.96. The number of hydrogen-bond acceptors (Lipinski definition) is 9. The van der Waals surface area contributed by atoms with E-state index in [1.807, 2.05) is 0 Å². The van der Waals surface area contributed by atoms with Crippen molar-refractivity contribution >= 4 is 33.3 Å². The Kier molecular flexibility index (Phi) is 9.45. The van der Waals surface area contributed by atoms with Crippen molar-refractivity contribution in [3.63, 3.8) is 0 Å². The molecule has 3 aliphatic rings. The molecule has 0 unspecified atom stereocenters. The number of benzene rings is 2. The topological polar surface area (TPSA) is 167 Å². The average Bonchev–Trinajstić information content (AvgIpc) is 3.61. The lowest BCUT2D eigenvalue weighted by Crippen LogP contribution is -2.48. The Morgan fingerprint density at radius 1 is 1.06 bits per heavy atom. The number of carboxylic acids is 1. The van der Waals surface area contributed by atoms with Gasteiger partial charge in [-0.05, 0) is 63.3 Å². The molecule has 1 aliphatic heterocycles. The van der Waals surface area contributed by atoms with E-state index in [4.69, 9.17) is 18.9 Å². The molecule has 0 radical (unpaired) electrons. The number of rotatable bonds is 9. The summed E-state index contributed by atoms with van der Waals surface area (Å²) in [6, 6.07) is 4.77. The largest absolute Gasteiger partial charge is 0.501 e. The Labute approximate surface area is 266 Å². The van der Waals surface area contributed by atoms with Crippen molar-refractivity contribution in [1.82, 2.24) is 5.32 Å². The van der Waals surface area contributed by atoms with Crippen molar-refractivity contribution in [3.8, 4) is 11.5 Å². The first-order chi connectivity index (χ1) is 22.0. The number of sulfone groups is 1. The van der Waals surface area contributed by atoms with Crippen molar-refractivity contribution < 1.29 is 64.4 Å². The van der Waals surface area contributed by atoms with E-state index >= 15 is 4.39 Å². The molecule has 4 atom stereocenters. The van der Waals surface area contributed by atoms with E-state index in [2.05, 4.69) is 10.6 Å². The lowest BCUT2D eigenvalue weighted by Gasteiger charge is -2.34. The second kappa shape index (κ2) is 12.9. The minimum absolute atomic E-state index is 0.0494. The fourth-order valence-electron chi connectivity index (χ4n) is 6.07. The van der Waals surface area contributed by atoms with E-state index in [-0.39, 0.29) is 36.0 Å². The van der Waals surface area contributed by atoms with Gasteiger partial charge in [0.1, 0.15) is 18.6 Å². The van der Waals surface area contributed by atoms with E-state index in [1.54, 1.807) is 6.92 Å². The lowest BCUT2D eigenvalue weighted by molar-refractivity contribution is -0.150. The molecule has 256 valence electrons. The minimum atomic E-state index is -5.68. The van der Waals surface area contributed by atoms with Crippen LogP contribution in [0.25, 0.3) is 0 Å². The van der Waals surface area contributed by atoms with Gasteiger partial charge >= 0.3 is 11.5 Å². The molecule has 1 saturated heterocycles. The van der Waals surface area contributed by atoms with E-state index < -0.39 is 79.5 Å². The Bertz CT molecular complexity index is 1660. The number of carbonyl (C=O) groups is 3. The molecule has 3 N–H and O–H groups in total. The second-order valence-corrected chi connectivity index (χ2v) is 13.9. The summed E-state index contributed by atoms with van der Waals surface area (Å²) in [4.78, 5) is 37.5. The van der Waals surface area contributed by atoms with Crippen LogP contribution in [0.3, 0.4) is 0 Å². The summed E-state index contributed by atoms with van der Waals surface area (Å²) in [5, 5.41) is 14.6. The summed E-state index contributed by atoms with van der Waals surface area (Å²) in [6.07, 6.45) is -0.538. The first-order valence-corrected chi connectivity index (χ1v) is 16.1. The third-order valence-corrected chi connectivity index (χ3v) is 10.4. The van der Waals surface area contributed by atoms with Gasteiger partial charge in [-0.25, -0.2) is 12.8 Å². The van der Waals surface area contributed by atoms with Gasteiger partial charge in [-0.1, -0.05) is 6.07 Å². The number of amides is 2. The van der Waals surface area contributed by atoms with Gasteiger partial charge < -0.3 is 34.7 Å². The Morgan fingerprint density at radius 3 is 2.40 bits per heavy atom. The first kappa shape index (κ1) is 34.4. The van der Waals surface area contributed by atoms with Crippen LogP contribution in [-0.4, -0.2) is 75.1 Å². The second-order valence-electron chi connectivity index (χ2n) is 11.9. The number of fused-ring (bicyclic) bond motifs is 1. The zero-order chi connectivity index (χ0) is 34.3. The molecule has 2 aromatic rings. The monoisotopic (exact) mass is 688 g/mol. The van der Waals surface area contributed by atoms with Gasteiger partial charge in [-0.3, -0.25) is 14.4 Å². The van der Waals surface area contributed by atoms with Crippen LogP contribution in [0.1, 0.15) is 49.4 Å². The van der Waals surface area contributed by atoms with Crippen molar-refractivity contribution in [3.05, 3.63) is 47.8 Å². The SMILES string of the molecule is COc1cc(F)c(O[C@H]2CC[C@@](C)(C(=O)O)CC2)cc1C(=O)N[C@H]1[C@@H]2OCO[C@@H]2C[C@H]1C(=O)Nc1cccc(S(=O)(=O)C(F)(F)F)c1. The van der Waals surface area contributed by atoms with Crippen LogP contribution < -0.4 is 20.1 Å². The van der Waals surface area contributed by atoms with E-state index in [0.29, 0.717) is 31.7 Å². The van der Waals surface area contributed by atoms with Crippen LogP contribution in [0.5, 0.6) is 11.5 Å². The molecular weight excluding hydrogens is 656 g/mol. The summed E-state index contributed by atoms with van der Waals surface area (Å²) < 4.78 is 100. The smallest absolute Gasteiger partial charge is 0.496 e. The first-order valence-electron chi connectivity index (χ1n) is 14.6. The van der Waals surface area contributed by atoms with Gasteiger partial charge in [-0.2, -0.15) is 13.2 Å². The lowest BCUT2D eigenvalue weighted by atomic mass is 9.75. The predicted octanol–water partition coefficient (Wildman–Crippen LogP) is 4.04. The predicted molar refractivity (Wildman–Crippen MR) is 154 cm³/mol. The number of aliphatic carboxylic acids is 1. The Morgan fingerprint density at radius 2 is 1.77 bits per heavy atom. The molecule has 2 amide bonds. The zero-order valence-electron chi connectivity index (χ0n) is 25.1. The summed E-state index contributed by atoms with van der Waals surface area (Å²) in [7, 11) is -4.45. The number of nitrogens with one attached hydrogen (secondary N) is 2. The van der Waals surface area contributed by atoms with E-state index in [1.165, 1.54) is 13.2 Å². The summed E-state index contributed by atoms with van der Waals surface area (Å²) in [5.41, 5.74) is -6.83. The van der Waals surface area contributed by atoms with Gasteiger partial charge in [0.05, 0.1) is 47.2 Å². The molecule has 12 nitrogen and oxygen atoms in total. The van der Waals surface area contributed by atoms with Crippen LogP contribution >= 0.6 is 0 Å². The third kappa shape index (κ3) is 6.87. The highest BCUT2D eigenvalue weighted by atomic mass is 32.2. The molecular formula is C30H32F4N2O10S.